The van der Waals surface area contributed by atoms with Gasteiger partial charge in [0, 0.05) is 37.7 Å². The zero-order chi connectivity index (χ0) is 14.1. The molecule has 20 heavy (non-hydrogen) atoms. The molecule has 0 aromatic carbocycles. The van der Waals surface area contributed by atoms with Crippen molar-refractivity contribution in [1.82, 2.24) is 14.9 Å². The Morgan fingerprint density at radius 1 is 1.15 bits per heavy atom. The largest absolute Gasteiger partial charge is 0.368 e. The first-order valence-corrected chi connectivity index (χ1v) is 7.45. The van der Waals surface area contributed by atoms with Crippen LogP contribution in [-0.2, 0) is 0 Å². The maximum absolute atomic E-state index is 5.89. The highest BCUT2D eigenvalue weighted by molar-refractivity contribution is 5.45. The van der Waals surface area contributed by atoms with E-state index in [-0.39, 0.29) is 0 Å². The van der Waals surface area contributed by atoms with Gasteiger partial charge in [-0.25, -0.2) is 4.98 Å². The first-order chi connectivity index (χ1) is 9.61. The fourth-order valence-electron chi connectivity index (χ4n) is 3.02. The van der Waals surface area contributed by atoms with Gasteiger partial charge in [-0.2, -0.15) is 4.98 Å². The second-order valence-corrected chi connectivity index (χ2v) is 6.08. The summed E-state index contributed by atoms with van der Waals surface area (Å²) in [5.41, 5.74) is 12.8. The van der Waals surface area contributed by atoms with Crippen LogP contribution in [0.1, 0.15) is 30.9 Å². The SMILES string of the molecule is CN1CCCN(c2cc(C3CC(N)C3)nc(N)n2)CC1. The smallest absolute Gasteiger partial charge is 0.222 e. The lowest BCUT2D eigenvalue weighted by Gasteiger charge is -2.32. The summed E-state index contributed by atoms with van der Waals surface area (Å²) in [6.07, 6.45) is 3.18. The molecule has 2 heterocycles. The van der Waals surface area contributed by atoms with Gasteiger partial charge in [0.25, 0.3) is 0 Å². The van der Waals surface area contributed by atoms with Crippen molar-refractivity contribution in [2.75, 3.05) is 43.9 Å². The molecule has 110 valence electrons. The number of nitrogens with two attached hydrogens (primary N) is 2. The number of nitrogens with zero attached hydrogens (tertiary/aromatic N) is 4. The lowest BCUT2D eigenvalue weighted by molar-refractivity contribution is 0.345. The predicted octanol–water partition coefficient (Wildman–Crippen LogP) is 0.405. The molecule has 2 aliphatic rings. The molecule has 0 amide bonds. The quantitative estimate of drug-likeness (QED) is 0.813. The van der Waals surface area contributed by atoms with Gasteiger partial charge in [0.15, 0.2) is 0 Å². The van der Waals surface area contributed by atoms with Gasteiger partial charge in [-0.15, -0.1) is 0 Å². The number of nitrogen functional groups attached to an aromatic ring is 1. The molecule has 0 spiro atoms. The Labute approximate surface area is 120 Å². The molecule has 1 aromatic rings. The minimum Gasteiger partial charge on any atom is -0.368 e. The second kappa shape index (κ2) is 5.54. The molecular formula is C14H24N6. The van der Waals surface area contributed by atoms with Crippen LogP contribution in [0.3, 0.4) is 0 Å². The average molecular weight is 276 g/mol. The molecular weight excluding hydrogens is 252 g/mol. The van der Waals surface area contributed by atoms with E-state index in [0.717, 1.165) is 57.0 Å². The summed E-state index contributed by atoms with van der Waals surface area (Å²) < 4.78 is 0. The first-order valence-electron chi connectivity index (χ1n) is 7.45. The molecule has 0 bridgehead atoms. The van der Waals surface area contributed by atoms with E-state index < -0.39 is 0 Å². The number of hydrogen-bond acceptors (Lipinski definition) is 6. The van der Waals surface area contributed by atoms with E-state index in [4.69, 9.17) is 11.5 Å². The van der Waals surface area contributed by atoms with Crippen molar-refractivity contribution >= 4 is 11.8 Å². The Bertz CT molecular complexity index is 471. The zero-order valence-electron chi connectivity index (χ0n) is 12.1. The Balaban J connectivity index is 1.78. The van der Waals surface area contributed by atoms with E-state index in [1.165, 1.54) is 0 Å². The highest BCUT2D eigenvalue weighted by Gasteiger charge is 2.29. The second-order valence-electron chi connectivity index (χ2n) is 6.08. The Kier molecular flexibility index (Phi) is 3.76. The van der Waals surface area contributed by atoms with Crippen LogP contribution in [0, 0.1) is 0 Å². The van der Waals surface area contributed by atoms with Crippen molar-refractivity contribution in [2.45, 2.75) is 31.2 Å². The molecule has 4 N–H and O–H groups in total. The number of rotatable bonds is 2. The van der Waals surface area contributed by atoms with E-state index in [0.29, 0.717) is 17.9 Å². The van der Waals surface area contributed by atoms with Crippen molar-refractivity contribution in [1.29, 1.82) is 0 Å². The standard InChI is InChI=1S/C14H24N6/c1-19-3-2-4-20(6-5-19)13-9-12(17-14(16)18-13)10-7-11(15)8-10/h9-11H,2-8,15H2,1H3,(H2,16,17,18). The molecule has 6 nitrogen and oxygen atoms in total. The fraction of sp³-hybridized carbons (Fsp3) is 0.714. The van der Waals surface area contributed by atoms with Gasteiger partial charge in [0.2, 0.25) is 5.95 Å². The number of anilines is 2. The molecule has 2 fully saturated rings. The molecule has 1 saturated heterocycles. The molecule has 1 aromatic heterocycles. The van der Waals surface area contributed by atoms with Crippen LogP contribution < -0.4 is 16.4 Å². The van der Waals surface area contributed by atoms with Crippen LogP contribution >= 0.6 is 0 Å². The Hall–Kier alpha value is -1.40. The van der Waals surface area contributed by atoms with Crippen molar-refractivity contribution in [3.05, 3.63) is 11.8 Å². The molecule has 3 rings (SSSR count). The molecule has 1 aliphatic carbocycles. The number of likely N-dealkylation sites (N-methyl/N-ethyl adjacent to an activating group) is 1. The first kappa shape index (κ1) is 13.6. The average Bonchev–Trinajstić information content (AvgIpc) is 2.59. The van der Waals surface area contributed by atoms with E-state index >= 15 is 0 Å². The summed E-state index contributed by atoms with van der Waals surface area (Å²) in [5.74, 6) is 1.82. The van der Waals surface area contributed by atoms with Crippen molar-refractivity contribution in [3.63, 3.8) is 0 Å². The van der Waals surface area contributed by atoms with Crippen LogP contribution in [0.15, 0.2) is 6.07 Å². The maximum Gasteiger partial charge on any atom is 0.222 e. The van der Waals surface area contributed by atoms with E-state index in [1.807, 2.05) is 0 Å². The van der Waals surface area contributed by atoms with Crippen molar-refractivity contribution < 1.29 is 0 Å². The molecule has 1 aliphatic heterocycles. The number of aromatic nitrogens is 2. The highest BCUT2D eigenvalue weighted by atomic mass is 15.3. The molecule has 0 atom stereocenters. The van der Waals surface area contributed by atoms with E-state index in [2.05, 4.69) is 32.9 Å². The van der Waals surface area contributed by atoms with Crippen LogP contribution in [-0.4, -0.2) is 54.1 Å². The molecule has 1 saturated carbocycles. The summed E-state index contributed by atoms with van der Waals surface area (Å²) in [6.45, 7) is 4.23. The minimum absolute atomic E-state index is 0.325. The zero-order valence-corrected chi connectivity index (χ0v) is 12.1. The summed E-state index contributed by atoms with van der Waals surface area (Å²) in [4.78, 5) is 13.5. The van der Waals surface area contributed by atoms with Crippen LogP contribution in [0.25, 0.3) is 0 Å². The van der Waals surface area contributed by atoms with Crippen LogP contribution in [0.2, 0.25) is 0 Å². The van der Waals surface area contributed by atoms with Crippen molar-refractivity contribution in [2.24, 2.45) is 5.73 Å². The lowest BCUT2D eigenvalue weighted by atomic mass is 9.78. The van der Waals surface area contributed by atoms with Gasteiger partial charge in [0.1, 0.15) is 5.82 Å². The minimum atomic E-state index is 0.325. The van der Waals surface area contributed by atoms with Gasteiger partial charge in [-0.1, -0.05) is 0 Å². The van der Waals surface area contributed by atoms with Crippen LogP contribution in [0.4, 0.5) is 11.8 Å². The van der Waals surface area contributed by atoms with Gasteiger partial charge in [-0.3, -0.25) is 0 Å². The Morgan fingerprint density at radius 3 is 2.70 bits per heavy atom. The van der Waals surface area contributed by atoms with Gasteiger partial charge < -0.3 is 21.3 Å². The third kappa shape index (κ3) is 2.86. The van der Waals surface area contributed by atoms with Gasteiger partial charge >= 0.3 is 0 Å². The summed E-state index contributed by atoms with van der Waals surface area (Å²) in [7, 11) is 2.17. The summed E-state index contributed by atoms with van der Waals surface area (Å²) >= 11 is 0. The fourth-order valence-corrected chi connectivity index (χ4v) is 3.02. The Morgan fingerprint density at radius 2 is 1.95 bits per heavy atom. The van der Waals surface area contributed by atoms with E-state index in [9.17, 15) is 0 Å². The van der Waals surface area contributed by atoms with Crippen molar-refractivity contribution in [3.8, 4) is 0 Å². The number of hydrogen-bond donors (Lipinski definition) is 2. The molecule has 0 radical (unpaired) electrons. The van der Waals surface area contributed by atoms with E-state index in [1.54, 1.807) is 0 Å². The highest BCUT2D eigenvalue weighted by Crippen LogP contribution is 2.35. The third-order valence-corrected chi connectivity index (χ3v) is 4.39. The summed E-state index contributed by atoms with van der Waals surface area (Å²) in [6, 6.07) is 2.43. The summed E-state index contributed by atoms with van der Waals surface area (Å²) in [5, 5.41) is 0. The van der Waals surface area contributed by atoms with Gasteiger partial charge in [0.05, 0.1) is 5.69 Å². The lowest BCUT2D eigenvalue weighted by Crippen LogP contribution is -2.35. The predicted molar refractivity (Wildman–Crippen MR) is 80.7 cm³/mol. The monoisotopic (exact) mass is 276 g/mol. The third-order valence-electron chi connectivity index (χ3n) is 4.39. The normalized spacial score (nSPS) is 28.0. The van der Waals surface area contributed by atoms with Gasteiger partial charge in [-0.05, 0) is 32.9 Å². The topological polar surface area (TPSA) is 84.3 Å². The molecule has 0 unspecified atom stereocenters. The van der Waals surface area contributed by atoms with Crippen LogP contribution in [0.5, 0.6) is 0 Å². The molecule has 6 heteroatoms. The maximum atomic E-state index is 5.89.